The molecular formula is C8H11NO2. The molecule has 2 aliphatic rings. The number of nitrogens with zero attached hydrogens (tertiary/aromatic N) is 1. The van der Waals surface area contributed by atoms with Crippen molar-refractivity contribution in [2.45, 2.75) is 25.7 Å². The summed E-state index contributed by atoms with van der Waals surface area (Å²) < 4.78 is 5.47. The molecule has 0 radical (unpaired) electrons. The van der Waals surface area contributed by atoms with Gasteiger partial charge < -0.3 is 9.64 Å². The quantitative estimate of drug-likeness (QED) is 0.375. The molecule has 60 valence electrons. The number of β-lactam (4-membered cyclic amide) rings is 1. The van der Waals surface area contributed by atoms with Crippen molar-refractivity contribution in [2.24, 2.45) is 0 Å². The van der Waals surface area contributed by atoms with E-state index in [1.165, 1.54) is 0 Å². The molecule has 0 bridgehead atoms. The number of ether oxygens (including phenoxy) is 1. The normalized spacial score (nSPS) is 36.6. The Labute approximate surface area is 65.6 Å². The number of carbonyl (C=O) groups excluding carboxylic acids is 1. The van der Waals surface area contributed by atoms with Crippen LogP contribution in [0.15, 0.2) is 12.2 Å². The van der Waals surface area contributed by atoms with Crippen LogP contribution in [0.5, 0.6) is 0 Å². The van der Waals surface area contributed by atoms with E-state index in [2.05, 4.69) is 6.58 Å². The summed E-state index contributed by atoms with van der Waals surface area (Å²) in [5.74, 6) is 0.183. The van der Waals surface area contributed by atoms with Crippen molar-refractivity contribution < 1.29 is 9.53 Å². The van der Waals surface area contributed by atoms with Crippen LogP contribution < -0.4 is 0 Å². The van der Waals surface area contributed by atoms with E-state index in [9.17, 15) is 4.79 Å². The van der Waals surface area contributed by atoms with Gasteiger partial charge in [-0.3, -0.25) is 4.79 Å². The van der Waals surface area contributed by atoms with Crippen molar-refractivity contribution in [2.75, 3.05) is 6.54 Å². The van der Waals surface area contributed by atoms with Crippen LogP contribution in [0.1, 0.15) is 13.3 Å². The lowest BCUT2D eigenvalue weighted by molar-refractivity contribution is -0.187. The SMILES string of the molecule is C=C1CN2C(=O)C[C@H]2O[C@H]1C. The third kappa shape index (κ3) is 0.878. The Balaban J connectivity index is 2.09. The predicted molar refractivity (Wildman–Crippen MR) is 39.8 cm³/mol. The summed E-state index contributed by atoms with van der Waals surface area (Å²) in [7, 11) is 0. The monoisotopic (exact) mass is 153 g/mol. The van der Waals surface area contributed by atoms with Crippen LogP contribution in [0, 0.1) is 0 Å². The van der Waals surface area contributed by atoms with Crippen LogP contribution in [-0.2, 0) is 9.53 Å². The highest BCUT2D eigenvalue weighted by atomic mass is 16.5. The fourth-order valence-electron chi connectivity index (χ4n) is 1.42. The summed E-state index contributed by atoms with van der Waals surface area (Å²) in [6.07, 6.45) is 0.713. The highest BCUT2D eigenvalue weighted by Gasteiger charge is 2.41. The molecule has 3 nitrogen and oxygen atoms in total. The average Bonchev–Trinajstić information content (AvgIpc) is 1.97. The lowest BCUT2D eigenvalue weighted by atomic mass is 10.0. The molecule has 0 unspecified atom stereocenters. The smallest absolute Gasteiger partial charge is 0.229 e. The molecule has 1 amide bonds. The van der Waals surface area contributed by atoms with Gasteiger partial charge in [0, 0.05) is 6.54 Å². The summed E-state index contributed by atoms with van der Waals surface area (Å²) >= 11 is 0. The average molecular weight is 153 g/mol. The van der Waals surface area contributed by atoms with E-state index in [1.54, 1.807) is 4.90 Å². The minimum absolute atomic E-state index is 0.0444. The Kier molecular flexibility index (Phi) is 1.29. The maximum absolute atomic E-state index is 10.9. The maximum Gasteiger partial charge on any atom is 0.229 e. The Bertz CT molecular complexity index is 224. The first-order valence-corrected chi connectivity index (χ1v) is 3.81. The second kappa shape index (κ2) is 2.08. The number of carbonyl (C=O) groups is 1. The molecule has 2 atom stereocenters. The predicted octanol–water partition coefficient (Wildman–Crippen LogP) is 0.520. The molecule has 0 aromatic heterocycles. The minimum Gasteiger partial charge on any atom is -0.350 e. The maximum atomic E-state index is 10.9. The second-order valence-corrected chi connectivity index (χ2v) is 3.12. The molecule has 2 rings (SSSR count). The zero-order valence-corrected chi connectivity index (χ0v) is 6.54. The van der Waals surface area contributed by atoms with Crippen molar-refractivity contribution in [1.29, 1.82) is 0 Å². The largest absolute Gasteiger partial charge is 0.350 e. The van der Waals surface area contributed by atoms with E-state index >= 15 is 0 Å². The fourth-order valence-corrected chi connectivity index (χ4v) is 1.42. The van der Waals surface area contributed by atoms with E-state index in [4.69, 9.17) is 4.74 Å². The van der Waals surface area contributed by atoms with Crippen LogP contribution in [0.2, 0.25) is 0 Å². The minimum atomic E-state index is 0.0444. The number of amides is 1. The van der Waals surface area contributed by atoms with Gasteiger partial charge in [0.15, 0.2) is 0 Å². The fraction of sp³-hybridized carbons (Fsp3) is 0.625. The highest BCUT2D eigenvalue weighted by Crippen LogP contribution is 2.29. The van der Waals surface area contributed by atoms with Crippen LogP contribution in [0.3, 0.4) is 0 Å². The molecule has 0 aliphatic carbocycles. The van der Waals surface area contributed by atoms with Crippen LogP contribution in [0.25, 0.3) is 0 Å². The summed E-state index contributed by atoms with van der Waals surface area (Å²) in [5.41, 5.74) is 0.995. The second-order valence-electron chi connectivity index (χ2n) is 3.12. The Morgan fingerprint density at radius 1 is 1.73 bits per heavy atom. The molecule has 0 aromatic rings. The molecule has 0 N–H and O–H groups in total. The van der Waals surface area contributed by atoms with Gasteiger partial charge in [-0.15, -0.1) is 0 Å². The zero-order chi connectivity index (χ0) is 8.01. The molecule has 2 saturated heterocycles. The van der Waals surface area contributed by atoms with Gasteiger partial charge in [-0.05, 0) is 12.5 Å². The first-order chi connectivity index (χ1) is 5.18. The standard InChI is InChI=1S/C8H11NO2/c1-5-4-9-7(10)3-8(9)11-6(5)2/h6,8H,1,3-4H2,2H3/t6-,8+/m0/s1. The number of hydrogen-bond donors (Lipinski definition) is 0. The lowest BCUT2D eigenvalue weighted by Crippen LogP contribution is -2.59. The van der Waals surface area contributed by atoms with E-state index in [1.807, 2.05) is 6.92 Å². The molecule has 2 heterocycles. The van der Waals surface area contributed by atoms with E-state index in [0.29, 0.717) is 13.0 Å². The van der Waals surface area contributed by atoms with E-state index < -0.39 is 0 Å². The van der Waals surface area contributed by atoms with E-state index in [-0.39, 0.29) is 18.2 Å². The van der Waals surface area contributed by atoms with E-state index in [0.717, 1.165) is 5.57 Å². The molecule has 2 aliphatic heterocycles. The summed E-state index contributed by atoms with van der Waals surface area (Å²) in [5, 5.41) is 0. The van der Waals surface area contributed by atoms with Crippen LogP contribution >= 0.6 is 0 Å². The van der Waals surface area contributed by atoms with Gasteiger partial charge in [0.05, 0.1) is 12.5 Å². The van der Waals surface area contributed by atoms with Gasteiger partial charge >= 0.3 is 0 Å². The number of fused-ring (bicyclic) bond motifs is 1. The van der Waals surface area contributed by atoms with Gasteiger partial charge in [0.25, 0.3) is 0 Å². The van der Waals surface area contributed by atoms with Crippen molar-refractivity contribution in [3.8, 4) is 0 Å². The van der Waals surface area contributed by atoms with Crippen molar-refractivity contribution >= 4 is 5.91 Å². The summed E-state index contributed by atoms with van der Waals surface area (Å²) in [6.45, 7) is 6.49. The van der Waals surface area contributed by atoms with Crippen LogP contribution in [0.4, 0.5) is 0 Å². The first kappa shape index (κ1) is 6.85. The molecule has 0 spiro atoms. The summed E-state index contributed by atoms with van der Waals surface area (Å²) in [6, 6.07) is 0. The molecule has 0 aromatic carbocycles. The van der Waals surface area contributed by atoms with Crippen molar-refractivity contribution in [1.82, 2.24) is 4.90 Å². The molecule has 11 heavy (non-hydrogen) atoms. The van der Waals surface area contributed by atoms with Gasteiger partial charge in [0.1, 0.15) is 6.23 Å². The number of hydrogen-bond acceptors (Lipinski definition) is 2. The van der Waals surface area contributed by atoms with Crippen molar-refractivity contribution in [3.63, 3.8) is 0 Å². The third-order valence-electron chi connectivity index (χ3n) is 2.33. The lowest BCUT2D eigenvalue weighted by Gasteiger charge is -2.46. The van der Waals surface area contributed by atoms with Crippen LogP contribution in [-0.4, -0.2) is 29.7 Å². The first-order valence-electron chi connectivity index (χ1n) is 3.81. The third-order valence-corrected chi connectivity index (χ3v) is 2.33. The Morgan fingerprint density at radius 2 is 2.45 bits per heavy atom. The molecule has 2 fully saturated rings. The van der Waals surface area contributed by atoms with Gasteiger partial charge in [-0.2, -0.15) is 0 Å². The molecule has 3 heteroatoms. The zero-order valence-electron chi connectivity index (χ0n) is 6.54. The van der Waals surface area contributed by atoms with Gasteiger partial charge in [-0.25, -0.2) is 0 Å². The number of rotatable bonds is 0. The Morgan fingerprint density at radius 3 is 3.09 bits per heavy atom. The highest BCUT2D eigenvalue weighted by molar-refractivity contribution is 5.83. The van der Waals surface area contributed by atoms with Crippen molar-refractivity contribution in [3.05, 3.63) is 12.2 Å². The molecule has 0 saturated carbocycles. The summed E-state index contributed by atoms with van der Waals surface area (Å²) in [4.78, 5) is 12.6. The van der Waals surface area contributed by atoms with Gasteiger partial charge in [-0.1, -0.05) is 6.58 Å². The van der Waals surface area contributed by atoms with Gasteiger partial charge in [0.2, 0.25) is 5.91 Å². The molecular weight excluding hydrogens is 142 g/mol. The Hall–Kier alpha value is -0.830. The topological polar surface area (TPSA) is 29.5 Å².